The van der Waals surface area contributed by atoms with Crippen molar-refractivity contribution in [3.8, 4) is 0 Å². The van der Waals surface area contributed by atoms with Crippen molar-refractivity contribution >= 4 is 17.5 Å². The van der Waals surface area contributed by atoms with E-state index in [-0.39, 0.29) is 24.0 Å². The molecule has 8 heteroatoms. The molecule has 0 aromatic heterocycles. The van der Waals surface area contributed by atoms with Crippen molar-refractivity contribution in [2.45, 2.75) is 32.2 Å². The maximum Gasteiger partial charge on any atom is 0.238 e. The number of amides is 2. The minimum absolute atomic E-state index is 0.184. The molecule has 2 saturated heterocycles. The van der Waals surface area contributed by atoms with Gasteiger partial charge in [0.15, 0.2) is 11.6 Å². The molecule has 0 spiro atoms. The van der Waals surface area contributed by atoms with Crippen LogP contribution in [0.2, 0.25) is 0 Å². The van der Waals surface area contributed by atoms with Crippen LogP contribution >= 0.6 is 0 Å². The summed E-state index contributed by atoms with van der Waals surface area (Å²) in [4.78, 5) is 30.8. The first-order valence-corrected chi connectivity index (χ1v) is 9.91. The number of hydrogen-bond donors (Lipinski definition) is 1. The Labute approximate surface area is 164 Å². The van der Waals surface area contributed by atoms with Gasteiger partial charge in [-0.15, -0.1) is 0 Å². The molecule has 2 aliphatic rings. The second-order valence-electron chi connectivity index (χ2n) is 7.66. The van der Waals surface area contributed by atoms with Gasteiger partial charge >= 0.3 is 0 Å². The molecule has 1 atom stereocenters. The number of nitrogens with zero attached hydrogens (tertiary/aromatic N) is 3. The molecule has 2 heterocycles. The van der Waals surface area contributed by atoms with E-state index >= 15 is 0 Å². The molecule has 0 aliphatic carbocycles. The van der Waals surface area contributed by atoms with Crippen LogP contribution in [-0.2, 0) is 9.59 Å². The molecule has 1 unspecified atom stereocenters. The molecule has 2 aliphatic heterocycles. The fraction of sp³-hybridized carbons (Fsp3) is 0.600. The van der Waals surface area contributed by atoms with Gasteiger partial charge in [-0.3, -0.25) is 19.4 Å². The Morgan fingerprint density at radius 3 is 2.32 bits per heavy atom. The van der Waals surface area contributed by atoms with Crippen molar-refractivity contribution in [1.82, 2.24) is 14.7 Å². The van der Waals surface area contributed by atoms with Gasteiger partial charge in [-0.25, -0.2) is 8.78 Å². The minimum atomic E-state index is -0.987. The van der Waals surface area contributed by atoms with Gasteiger partial charge in [0.25, 0.3) is 0 Å². The SMILES string of the molecule is CC1CCCCN1C(=O)CN1CCN(CC(=O)Nc2ccc(F)c(F)c2)CC1. The highest BCUT2D eigenvalue weighted by Crippen LogP contribution is 2.17. The molecule has 2 fully saturated rings. The molecular formula is C20H28F2N4O2. The quantitative estimate of drug-likeness (QED) is 0.829. The molecular weight excluding hydrogens is 366 g/mol. The van der Waals surface area contributed by atoms with Gasteiger partial charge in [0, 0.05) is 50.5 Å². The Balaban J connectivity index is 1.40. The summed E-state index contributed by atoms with van der Waals surface area (Å²) in [7, 11) is 0. The Kier molecular flexibility index (Phi) is 6.96. The van der Waals surface area contributed by atoms with E-state index in [4.69, 9.17) is 0 Å². The van der Waals surface area contributed by atoms with Gasteiger partial charge in [0.1, 0.15) is 0 Å². The van der Waals surface area contributed by atoms with Gasteiger partial charge < -0.3 is 10.2 Å². The van der Waals surface area contributed by atoms with Gasteiger partial charge in [0.2, 0.25) is 11.8 Å². The number of anilines is 1. The maximum absolute atomic E-state index is 13.2. The summed E-state index contributed by atoms with van der Waals surface area (Å²) in [5.41, 5.74) is 0.240. The van der Waals surface area contributed by atoms with E-state index in [1.165, 1.54) is 12.5 Å². The number of piperazine rings is 1. The van der Waals surface area contributed by atoms with Crippen LogP contribution in [0.1, 0.15) is 26.2 Å². The van der Waals surface area contributed by atoms with E-state index < -0.39 is 11.6 Å². The summed E-state index contributed by atoms with van der Waals surface area (Å²) in [6, 6.07) is 3.62. The summed E-state index contributed by atoms with van der Waals surface area (Å²) in [6.07, 6.45) is 3.35. The number of carbonyl (C=O) groups excluding carboxylic acids is 2. The molecule has 0 bridgehead atoms. The zero-order valence-electron chi connectivity index (χ0n) is 16.3. The predicted molar refractivity (Wildman–Crippen MR) is 103 cm³/mol. The lowest BCUT2D eigenvalue weighted by Crippen LogP contribution is -2.53. The minimum Gasteiger partial charge on any atom is -0.339 e. The molecule has 6 nitrogen and oxygen atoms in total. The second-order valence-corrected chi connectivity index (χ2v) is 7.66. The first kappa shape index (κ1) is 20.7. The second kappa shape index (κ2) is 9.43. The molecule has 2 amide bonds. The number of piperidine rings is 1. The summed E-state index contributed by atoms with van der Waals surface area (Å²) < 4.78 is 26.2. The third-order valence-corrected chi connectivity index (χ3v) is 5.52. The van der Waals surface area contributed by atoms with Crippen molar-refractivity contribution in [3.63, 3.8) is 0 Å². The summed E-state index contributed by atoms with van der Waals surface area (Å²) in [6.45, 7) is 6.41. The molecule has 154 valence electrons. The van der Waals surface area contributed by atoms with E-state index in [0.717, 1.165) is 44.6 Å². The Morgan fingerprint density at radius 2 is 1.68 bits per heavy atom. The average molecular weight is 394 g/mol. The number of rotatable bonds is 5. The van der Waals surface area contributed by atoms with Gasteiger partial charge in [-0.2, -0.15) is 0 Å². The van der Waals surface area contributed by atoms with Crippen molar-refractivity contribution in [3.05, 3.63) is 29.8 Å². The lowest BCUT2D eigenvalue weighted by molar-refractivity contribution is -0.136. The van der Waals surface area contributed by atoms with E-state index in [1.807, 2.05) is 9.80 Å². The Morgan fingerprint density at radius 1 is 1.00 bits per heavy atom. The maximum atomic E-state index is 13.2. The number of halogens is 2. The zero-order chi connectivity index (χ0) is 20.1. The highest BCUT2D eigenvalue weighted by molar-refractivity contribution is 5.92. The topological polar surface area (TPSA) is 55.9 Å². The summed E-state index contributed by atoms with van der Waals surface area (Å²) >= 11 is 0. The zero-order valence-corrected chi connectivity index (χ0v) is 16.3. The molecule has 1 N–H and O–H groups in total. The number of nitrogens with one attached hydrogen (secondary N) is 1. The van der Waals surface area contributed by atoms with Gasteiger partial charge in [-0.1, -0.05) is 0 Å². The van der Waals surface area contributed by atoms with Crippen molar-refractivity contribution < 1.29 is 18.4 Å². The van der Waals surface area contributed by atoms with Crippen LogP contribution in [-0.4, -0.2) is 78.4 Å². The number of carbonyl (C=O) groups is 2. The van der Waals surface area contributed by atoms with E-state index in [2.05, 4.69) is 17.1 Å². The molecule has 28 heavy (non-hydrogen) atoms. The number of benzene rings is 1. The fourth-order valence-electron chi connectivity index (χ4n) is 3.83. The van der Waals surface area contributed by atoms with Crippen LogP contribution in [0.25, 0.3) is 0 Å². The highest BCUT2D eigenvalue weighted by atomic mass is 19.2. The standard InChI is InChI=1S/C20H28F2N4O2/c1-15-4-2-3-7-26(15)20(28)14-25-10-8-24(9-11-25)13-19(27)23-16-5-6-17(21)18(22)12-16/h5-6,12,15H,2-4,7-11,13-14H2,1H3,(H,23,27). The first-order valence-electron chi connectivity index (χ1n) is 9.91. The Bertz CT molecular complexity index is 707. The fourth-order valence-corrected chi connectivity index (χ4v) is 3.83. The lowest BCUT2D eigenvalue weighted by atomic mass is 10.0. The van der Waals surface area contributed by atoms with Crippen LogP contribution in [0.5, 0.6) is 0 Å². The van der Waals surface area contributed by atoms with Crippen LogP contribution in [0.15, 0.2) is 18.2 Å². The largest absolute Gasteiger partial charge is 0.339 e. The predicted octanol–water partition coefficient (Wildman–Crippen LogP) is 1.92. The van der Waals surface area contributed by atoms with Crippen LogP contribution in [0.4, 0.5) is 14.5 Å². The Hall–Kier alpha value is -2.06. The van der Waals surface area contributed by atoms with E-state index in [1.54, 1.807) is 0 Å². The molecule has 0 saturated carbocycles. The van der Waals surface area contributed by atoms with E-state index in [9.17, 15) is 18.4 Å². The number of hydrogen-bond acceptors (Lipinski definition) is 4. The van der Waals surface area contributed by atoms with Gasteiger partial charge in [-0.05, 0) is 38.3 Å². The third kappa shape index (κ3) is 5.48. The molecule has 0 radical (unpaired) electrons. The van der Waals surface area contributed by atoms with Crippen molar-refractivity contribution in [2.75, 3.05) is 51.1 Å². The van der Waals surface area contributed by atoms with Crippen LogP contribution in [0, 0.1) is 11.6 Å². The summed E-state index contributed by atoms with van der Waals surface area (Å²) in [5.74, 6) is -2.00. The van der Waals surface area contributed by atoms with Gasteiger partial charge in [0.05, 0.1) is 13.1 Å². The normalized spacial score (nSPS) is 21.5. The average Bonchev–Trinajstić information content (AvgIpc) is 2.66. The highest BCUT2D eigenvalue weighted by Gasteiger charge is 2.26. The first-order chi connectivity index (χ1) is 13.4. The smallest absolute Gasteiger partial charge is 0.238 e. The van der Waals surface area contributed by atoms with Crippen LogP contribution < -0.4 is 5.32 Å². The van der Waals surface area contributed by atoms with Crippen molar-refractivity contribution in [1.29, 1.82) is 0 Å². The summed E-state index contributed by atoms with van der Waals surface area (Å²) in [5, 5.41) is 2.59. The molecule has 1 aromatic carbocycles. The number of likely N-dealkylation sites (tertiary alicyclic amines) is 1. The third-order valence-electron chi connectivity index (χ3n) is 5.52. The van der Waals surface area contributed by atoms with E-state index in [0.29, 0.717) is 25.7 Å². The monoisotopic (exact) mass is 394 g/mol. The molecule has 1 aromatic rings. The molecule has 3 rings (SSSR count). The van der Waals surface area contributed by atoms with Crippen LogP contribution in [0.3, 0.4) is 0 Å². The lowest BCUT2D eigenvalue weighted by Gasteiger charge is -2.37. The van der Waals surface area contributed by atoms with Crippen molar-refractivity contribution in [2.24, 2.45) is 0 Å².